The van der Waals surface area contributed by atoms with E-state index < -0.39 is 0 Å². The molecule has 6 nitrogen and oxygen atoms in total. The maximum absolute atomic E-state index is 12.3. The summed E-state index contributed by atoms with van der Waals surface area (Å²) in [6.07, 6.45) is 5.65. The van der Waals surface area contributed by atoms with E-state index in [2.05, 4.69) is 25.1 Å². The van der Waals surface area contributed by atoms with Gasteiger partial charge in [0.25, 0.3) is 0 Å². The molecule has 2 N–H and O–H groups in total. The van der Waals surface area contributed by atoms with Gasteiger partial charge in [-0.15, -0.1) is 0 Å². The minimum absolute atomic E-state index is 0.0302. The second kappa shape index (κ2) is 7.11. The van der Waals surface area contributed by atoms with Crippen LogP contribution in [0.15, 0.2) is 55.1 Å². The number of aromatic amines is 1. The number of hydrogen-bond donors (Lipinski definition) is 2. The second-order valence-electron chi connectivity index (χ2n) is 5.21. The molecule has 0 fully saturated rings. The first-order valence-electron chi connectivity index (χ1n) is 7.22. The van der Waals surface area contributed by atoms with Crippen molar-refractivity contribution in [2.75, 3.05) is 5.32 Å². The molecule has 0 saturated carbocycles. The zero-order valence-electron chi connectivity index (χ0n) is 12.3. The number of halogens is 1. The van der Waals surface area contributed by atoms with Gasteiger partial charge in [0.15, 0.2) is 0 Å². The summed E-state index contributed by atoms with van der Waals surface area (Å²) in [4.78, 5) is 16.2. The number of aromatic nitrogens is 4. The fraction of sp³-hybridized carbons (Fsp3) is 0.188. The standard InChI is InChI=1S/C16H16ClN5O/c17-14-5-3-12(4-6-14)13(10-22-7-1-2-8-22)9-15(23)20-16-18-11-19-21-16/h1-8,11,13H,9-10H2,(H2,18,19,20,21,23)/t13-/m0/s1. The molecule has 0 aliphatic carbocycles. The van der Waals surface area contributed by atoms with Gasteiger partial charge in [0, 0.05) is 36.3 Å². The monoisotopic (exact) mass is 329 g/mol. The quantitative estimate of drug-likeness (QED) is 0.729. The molecule has 1 amide bonds. The molecule has 23 heavy (non-hydrogen) atoms. The third-order valence-electron chi connectivity index (χ3n) is 3.54. The Morgan fingerprint density at radius 1 is 1.26 bits per heavy atom. The molecule has 7 heteroatoms. The van der Waals surface area contributed by atoms with E-state index in [9.17, 15) is 4.79 Å². The number of hydrogen-bond acceptors (Lipinski definition) is 3. The van der Waals surface area contributed by atoms with Gasteiger partial charge in [0.2, 0.25) is 11.9 Å². The summed E-state index contributed by atoms with van der Waals surface area (Å²) in [6.45, 7) is 0.707. The number of nitrogens with zero attached hydrogens (tertiary/aromatic N) is 3. The van der Waals surface area contributed by atoms with Gasteiger partial charge in [-0.05, 0) is 29.8 Å². The van der Waals surface area contributed by atoms with Crippen molar-refractivity contribution in [3.8, 4) is 0 Å². The number of nitrogens with one attached hydrogen (secondary N) is 2. The summed E-state index contributed by atoms with van der Waals surface area (Å²) < 4.78 is 2.06. The molecule has 0 unspecified atom stereocenters. The van der Waals surface area contributed by atoms with E-state index in [1.807, 2.05) is 48.8 Å². The predicted octanol–water partition coefficient (Wildman–Crippen LogP) is 3.07. The first-order valence-corrected chi connectivity index (χ1v) is 7.60. The highest BCUT2D eigenvalue weighted by atomic mass is 35.5. The minimum atomic E-state index is -0.117. The van der Waals surface area contributed by atoms with Crippen molar-refractivity contribution in [1.29, 1.82) is 0 Å². The lowest BCUT2D eigenvalue weighted by Crippen LogP contribution is -2.19. The molecule has 0 bridgehead atoms. The van der Waals surface area contributed by atoms with Crippen molar-refractivity contribution in [2.24, 2.45) is 0 Å². The predicted molar refractivity (Wildman–Crippen MR) is 88.3 cm³/mol. The van der Waals surface area contributed by atoms with Crippen molar-refractivity contribution >= 4 is 23.5 Å². The van der Waals surface area contributed by atoms with Gasteiger partial charge in [-0.3, -0.25) is 10.1 Å². The van der Waals surface area contributed by atoms with Crippen LogP contribution in [0.5, 0.6) is 0 Å². The molecule has 0 aliphatic rings. The highest BCUT2D eigenvalue weighted by Crippen LogP contribution is 2.24. The zero-order valence-corrected chi connectivity index (χ0v) is 13.1. The molecule has 0 aliphatic heterocycles. The Morgan fingerprint density at radius 3 is 2.65 bits per heavy atom. The van der Waals surface area contributed by atoms with Crippen LogP contribution >= 0.6 is 11.6 Å². The number of anilines is 1. The second-order valence-corrected chi connectivity index (χ2v) is 5.65. The molecule has 0 saturated heterocycles. The Balaban J connectivity index is 1.74. The topological polar surface area (TPSA) is 75.6 Å². The Morgan fingerprint density at radius 2 is 2.00 bits per heavy atom. The molecular weight excluding hydrogens is 314 g/mol. The van der Waals surface area contributed by atoms with E-state index in [1.165, 1.54) is 6.33 Å². The van der Waals surface area contributed by atoms with E-state index in [0.717, 1.165) is 5.56 Å². The SMILES string of the molecule is O=C(C[C@@H](Cn1cccc1)c1ccc(Cl)cc1)Nc1ncn[nH]1. The highest BCUT2D eigenvalue weighted by molar-refractivity contribution is 6.30. The first kappa shape index (κ1) is 15.3. The average molecular weight is 330 g/mol. The van der Waals surface area contributed by atoms with Gasteiger partial charge in [-0.25, -0.2) is 5.10 Å². The van der Waals surface area contributed by atoms with Crippen LogP contribution in [-0.2, 0) is 11.3 Å². The van der Waals surface area contributed by atoms with Crippen LogP contribution in [-0.4, -0.2) is 25.7 Å². The lowest BCUT2D eigenvalue weighted by molar-refractivity contribution is -0.116. The maximum Gasteiger partial charge on any atom is 0.227 e. The van der Waals surface area contributed by atoms with E-state index >= 15 is 0 Å². The molecular formula is C16H16ClN5O. The summed E-state index contributed by atoms with van der Waals surface area (Å²) in [7, 11) is 0. The van der Waals surface area contributed by atoms with Crippen LogP contribution < -0.4 is 5.32 Å². The van der Waals surface area contributed by atoms with Crippen molar-refractivity contribution in [3.05, 3.63) is 65.7 Å². The number of H-pyrrole nitrogens is 1. The fourth-order valence-corrected chi connectivity index (χ4v) is 2.57. The van der Waals surface area contributed by atoms with Crippen LogP contribution in [0.1, 0.15) is 17.9 Å². The zero-order chi connectivity index (χ0) is 16.1. The molecule has 2 aromatic heterocycles. The third-order valence-corrected chi connectivity index (χ3v) is 3.80. The lowest BCUT2D eigenvalue weighted by atomic mass is 9.95. The van der Waals surface area contributed by atoms with E-state index in [1.54, 1.807) is 0 Å². The van der Waals surface area contributed by atoms with Gasteiger partial charge in [0.05, 0.1) is 0 Å². The molecule has 0 radical (unpaired) electrons. The average Bonchev–Trinajstić information content (AvgIpc) is 3.21. The number of carbonyl (C=O) groups excluding carboxylic acids is 1. The number of benzene rings is 1. The summed E-state index contributed by atoms with van der Waals surface area (Å²) in [6, 6.07) is 11.5. The highest BCUT2D eigenvalue weighted by Gasteiger charge is 2.17. The summed E-state index contributed by atoms with van der Waals surface area (Å²) in [5.41, 5.74) is 1.07. The van der Waals surface area contributed by atoms with Gasteiger partial charge in [-0.1, -0.05) is 23.7 Å². The summed E-state index contributed by atoms with van der Waals surface area (Å²) in [5.74, 6) is 0.266. The van der Waals surface area contributed by atoms with Gasteiger partial charge in [0.1, 0.15) is 6.33 Å². The number of amides is 1. The Labute approximate surface area is 138 Å². The van der Waals surface area contributed by atoms with E-state index in [-0.39, 0.29) is 11.8 Å². The molecule has 2 heterocycles. The van der Waals surface area contributed by atoms with Crippen LogP contribution in [0.2, 0.25) is 5.02 Å². The molecule has 3 aromatic rings. The van der Waals surface area contributed by atoms with Gasteiger partial charge < -0.3 is 4.57 Å². The van der Waals surface area contributed by atoms with Gasteiger partial charge in [-0.2, -0.15) is 10.1 Å². The fourth-order valence-electron chi connectivity index (χ4n) is 2.44. The van der Waals surface area contributed by atoms with Crippen molar-refractivity contribution in [3.63, 3.8) is 0 Å². The van der Waals surface area contributed by atoms with E-state index in [4.69, 9.17) is 11.6 Å². The molecule has 3 rings (SSSR count). The molecule has 0 spiro atoms. The Bertz CT molecular complexity index is 737. The van der Waals surface area contributed by atoms with Crippen LogP contribution in [0.4, 0.5) is 5.95 Å². The third kappa shape index (κ3) is 4.20. The van der Waals surface area contributed by atoms with Crippen LogP contribution in [0.3, 0.4) is 0 Å². The Hall–Kier alpha value is -2.60. The van der Waals surface area contributed by atoms with Gasteiger partial charge >= 0.3 is 0 Å². The number of carbonyl (C=O) groups is 1. The molecule has 1 aromatic carbocycles. The van der Waals surface area contributed by atoms with Crippen molar-refractivity contribution in [1.82, 2.24) is 19.7 Å². The first-order chi connectivity index (χ1) is 11.2. The largest absolute Gasteiger partial charge is 0.354 e. The smallest absolute Gasteiger partial charge is 0.227 e. The Kier molecular flexibility index (Phi) is 4.73. The summed E-state index contributed by atoms with van der Waals surface area (Å²) in [5, 5.41) is 9.72. The summed E-state index contributed by atoms with van der Waals surface area (Å²) >= 11 is 5.96. The lowest BCUT2D eigenvalue weighted by Gasteiger charge is -2.18. The van der Waals surface area contributed by atoms with E-state index in [0.29, 0.717) is 23.9 Å². The normalized spacial score (nSPS) is 12.0. The van der Waals surface area contributed by atoms with Crippen LogP contribution in [0, 0.1) is 0 Å². The minimum Gasteiger partial charge on any atom is -0.354 e. The van der Waals surface area contributed by atoms with Crippen LogP contribution in [0.25, 0.3) is 0 Å². The number of rotatable bonds is 6. The molecule has 118 valence electrons. The van der Waals surface area contributed by atoms with Crippen molar-refractivity contribution < 1.29 is 4.79 Å². The van der Waals surface area contributed by atoms with Crippen molar-refractivity contribution in [2.45, 2.75) is 18.9 Å². The maximum atomic E-state index is 12.3. The molecule has 1 atom stereocenters.